The van der Waals surface area contributed by atoms with Crippen molar-refractivity contribution in [3.8, 4) is 0 Å². The topological polar surface area (TPSA) is 55.1 Å². The summed E-state index contributed by atoms with van der Waals surface area (Å²) < 4.78 is 1.71. The molecule has 0 spiro atoms. The van der Waals surface area contributed by atoms with Crippen molar-refractivity contribution in [2.24, 2.45) is 5.92 Å². The smallest absolute Gasteiger partial charge is 0.255 e. The lowest BCUT2D eigenvalue weighted by molar-refractivity contribution is 0.628. The molecular weight excluding hydrogens is 270 g/mol. The van der Waals surface area contributed by atoms with E-state index >= 15 is 0 Å². The molecule has 3 rings (SSSR count). The van der Waals surface area contributed by atoms with Crippen molar-refractivity contribution in [2.45, 2.75) is 13.3 Å². The van der Waals surface area contributed by atoms with E-state index in [2.05, 4.69) is 20.4 Å². The largest absolute Gasteiger partial charge is 0.369 e. The minimum absolute atomic E-state index is 0.485. The summed E-state index contributed by atoms with van der Waals surface area (Å²) in [5.74, 6) is 4.65. The summed E-state index contributed by atoms with van der Waals surface area (Å²) in [6.07, 6.45) is 2.77. The van der Waals surface area contributed by atoms with Crippen molar-refractivity contribution in [2.75, 3.05) is 23.4 Å². The number of aromatic nitrogens is 4. The predicted octanol–water partition coefficient (Wildman–Crippen LogP) is 2.25. The molecule has 0 radical (unpaired) electrons. The van der Waals surface area contributed by atoms with Gasteiger partial charge < -0.3 is 5.32 Å². The van der Waals surface area contributed by atoms with Crippen molar-refractivity contribution >= 4 is 35.0 Å². The fourth-order valence-electron chi connectivity index (χ4n) is 2.09. The summed E-state index contributed by atoms with van der Waals surface area (Å²) in [5.41, 5.74) is 0.917. The molecule has 0 saturated carbocycles. The Morgan fingerprint density at radius 1 is 1.61 bits per heavy atom. The Morgan fingerprint density at radius 2 is 2.50 bits per heavy atom. The van der Waals surface area contributed by atoms with Gasteiger partial charge >= 0.3 is 0 Å². The van der Waals surface area contributed by atoms with E-state index in [0.29, 0.717) is 10.9 Å². The molecule has 1 saturated heterocycles. The number of nitrogens with zero attached hydrogens (tertiary/aromatic N) is 4. The third kappa shape index (κ3) is 2.14. The SMILES string of the molecule is Cc1c(Cl)nc2ncnn2c1NCC1CCSC1. The van der Waals surface area contributed by atoms with Crippen LogP contribution in [0.2, 0.25) is 5.15 Å². The second-order valence-electron chi connectivity index (χ2n) is 4.46. The van der Waals surface area contributed by atoms with Gasteiger partial charge in [0.25, 0.3) is 5.78 Å². The van der Waals surface area contributed by atoms with E-state index in [-0.39, 0.29) is 0 Å². The highest BCUT2D eigenvalue weighted by atomic mass is 35.5. The first-order valence-corrected chi connectivity index (χ1v) is 7.46. The molecule has 0 amide bonds. The number of fused-ring (bicyclic) bond motifs is 1. The molecule has 1 fully saturated rings. The number of halogens is 1. The average molecular weight is 284 g/mol. The van der Waals surface area contributed by atoms with E-state index < -0.39 is 0 Å². The van der Waals surface area contributed by atoms with Gasteiger partial charge in [0.1, 0.15) is 17.3 Å². The van der Waals surface area contributed by atoms with Crippen LogP contribution in [-0.4, -0.2) is 37.6 Å². The molecule has 1 N–H and O–H groups in total. The standard InChI is InChI=1S/C11H14ClN5S/c1-7-9(12)16-11-14-6-15-17(11)10(7)13-4-8-2-3-18-5-8/h6,8,13H,2-5H2,1H3. The minimum Gasteiger partial charge on any atom is -0.369 e. The van der Waals surface area contributed by atoms with Crippen LogP contribution >= 0.6 is 23.4 Å². The Kier molecular flexibility index (Phi) is 3.30. The first-order chi connectivity index (χ1) is 8.75. The van der Waals surface area contributed by atoms with Crippen LogP contribution in [0.3, 0.4) is 0 Å². The van der Waals surface area contributed by atoms with Gasteiger partial charge in [0, 0.05) is 12.1 Å². The van der Waals surface area contributed by atoms with Gasteiger partial charge in [0.2, 0.25) is 0 Å². The van der Waals surface area contributed by atoms with Crippen molar-refractivity contribution in [1.82, 2.24) is 19.6 Å². The number of anilines is 1. The molecule has 96 valence electrons. The molecule has 2 aromatic rings. The molecule has 0 bridgehead atoms. The summed E-state index contributed by atoms with van der Waals surface area (Å²) in [6, 6.07) is 0. The zero-order chi connectivity index (χ0) is 12.5. The molecule has 7 heteroatoms. The molecule has 1 unspecified atom stereocenters. The van der Waals surface area contributed by atoms with Crippen LogP contribution in [0, 0.1) is 12.8 Å². The average Bonchev–Trinajstić information content (AvgIpc) is 3.00. The second-order valence-corrected chi connectivity index (χ2v) is 5.97. The van der Waals surface area contributed by atoms with E-state index in [4.69, 9.17) is 11.6 Å². The first kappa shape index (κ1) is 12.0. The Hall–Kier alpha value is -1.01. The lowest BCUT2D eigenvalue weighted by atomic mass is 10.1. The van der Waals surface area contributed by atoms with Gasteiger partial charge in [-0.1, -0.05) is 11.6 Å². The van der Waals surface area contributed by atoms with E-state index in [9.17, 15) is 0 Å². The monoisotopic (exact) mass is 283 g/mol. The molecule has 1 atom stereocenters. The van der Waals surface area contributed by atoms with E-state index in [1.807, 2.05) is 18.7 Å². The van der Waals surface area contributed by atoms with Gasteiger partial charge in [-0.25, -0.2) is 0 Å². The number of hydrogen-bond acceptors (Lipinski definition) is 5. The van der Waals surface area contributed by atoms with Crippen LogP contribution in [-0.2, 0) is 0 Å². The van der Waals surface area contributed by atoms with Crippen LogP contribution < -0.4 is 5.32 Å². The minimum atomic E-state index is 0.485. The number of hydrogen-bond donors (Lipinski definition) is 1. The van der Waals surface area contributed by atoms with Gasteiger partial charge in [0.05, 0.1) is 0 Å². The quantitative estimate of drug-likeness (QED) is 0.876. The van der Waals surface area contributed by atoms with Crippen molar-refractivity contribution < 1.29 is 0 Å². The molecule has 1 aliphatic heterocycles. The normalized spacial score (nSPS) is 19.6. The van der Waals surface area contributed by atoms with Crippen molar-refractivity contribution in [1.29, 1.82) is 0 Å². The van der Waals surface area contributed by atoms with Crippen LogP contribution in [0.25, 0.3) is 5.78 Å². The molecule has 0 aliphatic carbocycles. The lowest BCUT2D eigenvalue weighted by Crippen LogP contribution is -2.17. The van der Waals surface area contributed by atoms with Gasteiger partial charge in [0.15, 0.2) is 0 Å². The predicted molar refractivity (Wildman–Crippen MR) is 74.5 cm³/mol. The van der Waals surface area contributed by atoms with E-state index in [1.165, 1.54) is 24.3 Å². The fraction of sp³-hybridized carbons (Fsp3) is 0.545. The Labute approximate surface area is 114 Å². The molecule has 18 heavy (non-hydrogen) atoms. The number of thioether (sulfide) groups is 1. The van der Waals surface area contributed by atoms with Crippen LogP contribution in [0.5, 0.6) is 0 Å². The summed E-state index contributed by atoms with van der Waals surface area (Å²) in [5, 5.41) is 8.12. The maximum absolute atomic E-state index is 6.11. The summed E-state index contributed by atoms with van der Waals surface area (Å²) in [6.45, 7) is 2.89. The Bertz CT molecular complexity index is 564. The van der Waals surface area contributed by atoms with E-state index in [0.717, 1.165) is 23.8 Å². The lowest BCUT2D eigenvalue weighted by Gasteiger charge is -2.14. The summed E-state index contributed by atoms with van der Waals surface area (Å²) in [4.78, 5) is 8.26. The van der Waals surface area contributed by atoms with E-state index in [1.54, 1.807) is 4.52 Å². The van der Waals surface area contributed by atoms with Gasteiger partial charge in [-0.05, 0) is 30.8 Å². The third-order valence-electron chi connectivity index (χ3n) is 3.19. The first-order valence-electron chi connectivity index (χ1n) is 5.93. The number of rotatable bonds is 3. The van der Waals surface area contributed by atoms with Crippen LogP contribution in [0.4, 0.5) is 5.82 Å². The zero-order valence-corrected chi connectivity index (χ0v) is 11.6. The number of nitrogens with one attached hydrogen (secondary N) is 1. The Balaban J connectivity index is 1.89. The van der Waals surface area contributed by atoms with Crippen molar-refractivity contribution in [3.63, 3.8) is 0 Å². The highest BCUT2D eigenvalue weighted by Crippen LogP contribution is 2.26. The van der Waals surface area contributed by atoms with Gasteiger partial charge in [-0.2, -0.15) is 31.3 Å². The maximum atomic E-state index is 6.11. The van der Waals surface area contributed by atoms with Crippen LogP contribution in [0.15, 0.2) is 6.33 Å². The van der Waals surface area contributed by atoms with Crippen LogP contribution in [0.1, 0.15) is 12.0 Å². The zero-order valence-electron chi connectivity index (χ0n) is 10.1. The Morgan fingerprint density at radius 3 is 3.28 bits per heavy atom. The fourth-order valence-corrected chi connectivity index (χ4v) is 3.54. The molecule has 0 aromatic carbocycles. The van der Waals surface area contributed by atoms with Gasteiger partial charge in [-0.3, -0.25) is 0 Å². The third-order valence-corrected chi connectivity index (χ3v) is 4.79. The molecule has 2 aromatic heterocycles. The molecular formula is C11H14ClN5S. The summed E-state index contributed by atoms with van der Waals surface area (Å²) >= 11 is 8.13. The second kappa shape index (κ2) is 4.93. The highest BCUT2D eigenvalue weighted by molar-refractivity contribution is 7.99. The van der Waals surface area contributed by atoms with Gasteiger partial charge in [-0.15, -0.1) is 0 Å². The molecule has 1 aliphatic rings. The molecule has 5 nitrogen and oxygen atoms in total. The summed E-state index contributed by atoms with van der Waals surface area (Å²) in [7, 11) is 0. The molecule has 3 heterocycles. The van der Waals surface area contributed by atoms with Crippen molar-refractivity contribution in [3.05, 3.63) is 17.0 Å². The highest BCUT2D eigenvalue weighted by Gasteiger charge is 2.17. The maximum Gasteiger partial charge on any atom is 0.255 e.